The molecule has 1 aromatic carbocycles. The maximum atomic E-state index is 4.27. The molecule has 1 aromatic rings. The monoisotopic (exact) mass is 146 g/mol. The van der Waals surface area contributed by atoms with Crippen LogP contribution in [0.2, 0.25) is 0 Å². The maximum Gasteiger partial charge on any atom is 0.0912 e. The van der Waals surface area contributed by atoms with Crippen LogP contribution in [0, 0.1) is 0 Å². The van der Waals surface area contributed by atoms with Crippen molar-refractivity contribution in [1.82, 2.24) is 4.90 Å². The van der Waals surface area contributed by atoms with E-state index in [1.807, 2.05) is 31.6 Å². The molecule has 0 saturated carbocycles. The summed E-state index contributed by atoms with van der Waals surface area (Å²) in [6.45, 7) is 0.972. The second-order valence-electron chi connectivity index (χ2n) is 2.79. The van der Waals surface area contributed by atoms with Gasteiger partial charge in [-0.15, -0.1) is 0 Å². The topological polar surface area (TPSA) is 15.6 Å². The molecule has 2 rings (SSSR count). The van der Waals surface area contributed by atoms with Crippen LogP contribution in [0.3, 0.4) is 0 Å². The van der Waals surface area contributed by atoms with Gasteiger partial charge in [-0.25, -0.2) is 4.99 Å². The number of aliphatic imine (C=N–C) groups is 1. The van der Waals surface area contributed by atoms with E-state index in [-0.39, 0.29) is 0 Å². The SMILES string of the molecule is CN1C=Nc2ccccc2C1. The van der Waals surface area contributed by atoms with E-state index < -0.39 is 0 Å². The predicted octanol–water partition coefficient (Wildman–Crippen LogP) is 1.79. The highest BCUT2D eigenvalue weighted by atomic mass is 15.1. The van der Waals surface area contributed by atoms with E-state index in [4.69, 9.17) is 0 Å². The molecule has 11 heavy (non-hydrogen) atoms. The van der Waals surface area contributed by atoms with Gasteiger partial charge in [0.05, 0.1) is 12.0 Å². The zero-order valence-electron chi connectivity index (χ0n) is 6.49. The van der Waals surface area contributed by atoms with Crippen LogP contribution in [-0.2, 0) is 6.54 Å². The third-order valence-corrected chi connectivity index (χ3v) is 1.81. The first kappa shape index (κ1) is 6.40. The third-order valence-electron chi connectivity index (χ3n) is 1.81. The number of para-hydroxylation sites is 1. The molecule has 0 fully saturated rings. The molecule has 0 aliphatic carbocycles. The lowest BCUT2D eigenvalue weighted by atomic mass is 10.1. The summed E-state index contributed by atoms with van der Waals surface area (Å²) in [7, 11) is 2.03. The first-order chi connectivity index (χ1) is 5.36. The Bertz CT molecular complexity index is 291. The van der Waals surface area contributed by atoms with Gasteiger partial charge in [0.15, 0.2) is 0 Å². The fourth-order valence-corrected chi connectivity index (χ4v) is 1.24. The largest absolute Gasteiger partial charge is 0.361 e. The number of nitrogens with zero attached hydrogens (tertiary/aromatic N) is 2. The van der Waals surface area contributed by atoms with Gasteiger partial charge in [-0.05, 0) is 11.6 Å². The fraction of sp³-hybridized carbons (Fsp3) is 0.222. The van der Waals surface area contributed by atoms with E-state index in [2.05, 4.69) is 16.0 Å². The number of benzene rings is 1. The summed E-state index contributed by atoms with van der Waals surface area (Å²) in [4.78, 5) is 6.35. The van der Waals surface area contributed by atoms with Crippen LogP contribution >= 0.6 is 0 Å². The molecule has 1 aliphatic heterocycles. The summed E-state index contributed by atoms with van der Waals surface area (Å²) in [6.07, 6.45) is 1.86. The van der Waals surface area contributed by atoms with Crippen molar-refractivity contribution in [3.05, 3.63) is 29.8 Å². The van der Waals surface area contributed by atoms with Crippen molar-refractivity contribution in [2.45, 2.75) is 6.54 Å². The highest BCUT2D eigenvalue weighted by molar-refractivity contribution is 5.66. The van der Waals surface area contributed by atoms with Crippen LogP contribution in [0.4, 0.5) is 5.69 Å². The van der Waals surface area contributed by atoms with E-state index in [0.717, 1.165) is 12.2 Å². The van der Waals surface area contributed by atoms with Gasteiger partial charge in [0.25, 0.3) is 0 Å². The minimum absolute atomic E-state index is 0.972. The number of rotatable bonds is 0. The highest BCUT2D eigenvalue weighted by Gasteiger charge is 2.05. The van der Waals surface area contributed by atoms with Crippen molar-refractivity contribution in [2.75, 3.05) is 7.05 Å². The van der Waals surface area contributed by atoms with Gasteiger partial charge < -0.3 is 4.90 Å². The molecule has 0 aromatic heterocycles. The maximum absolute atomic E-state index is 4.27. The summed E-state index contributed by atoms with van der Waals surface area (Å²) in [5, 5.41) is 0. The standard InChI is InChI=1S/C9H10N2/c1-11-6-8-4-2-3-5-9(8)10-7-11/h2-5,7H,6H2,1H3. The second kappa shape index (κ2) is 2.38. The second-order valence-corrected chi connectivity index (χ2v) is 2.79. The van der Waals surface area contributed by atoms with Gasteiger partial charge in [0.1, 0.15) is 0 Å². The number of hydrogen-bond donors (Lipinski definition) is 0. The first-order valence-corrected chi connectivity index (χ1v) is 3.68. The summed E-state index contributed by atoms with van der Waals surface area (Å²) < 4.78 is 0. The molecule has 0 atom stereocenters. The van der Waals surface area contributed by atoms with E-state index in [1.54, 1.807) is 0 Å². The van der Waals surface area contributed by atoms with E-state index in [0.29, 0.717) is 0 Å². The average molecular weight is 146 g/mol. The van der Waals surface area contributed by atoms with Crippen molar-refractivity contribution in [3.8, 4) is 0 Å². The Morgan fingerprint density at radius 3 is 3.09 bits per heavy atom. The molecule has 0 unspecified atom stereocenters. The van der Waals surface area contributed by atoms with Gasteiger partial charge in [-0.2, -0.15) is 0 Å². The molecule has 56 valence electrons. The van der Waals surface area contributed by atoms with Crippen LogP contribution in [0.5, 0.6) is 0 Å². The van der Waals surface area contributed by atoms with Crippen LogP contribution in [0.1, 0.15) is 5.56 Å². The molecular formula is C9H10N2. The molecule has 0 amide bonds. The van der Waals surface area contributed by atoms with E-state index in [1.165, 1.54) is 5.56 Å². The minimum atomic E-state index is 0.972. The Balaban J connectivity index is 2.46. The molecule has 2 nitrogen and oxygen atoms in total. The molecule has 1 aliphatic rings. The Hall–Kier alpha value is -1.31. The van der Waals surface area contributed by atoms with Gasteiger partial charge >= 0.3 is 0 Å². The van der Waals surface area contributed by atoms with Gasteiger partial charge in [-0.1, -0.05) is 18.2 Å². The molecule has 0 N–H and O–H groups in total. The molecule has 2 heteroatoms. The van der Waals surface area contributed by atoms with Gasteiger partial charge in [0, 0.05) is 13.6 Å². The van der Waals surface area contributed by atoms with Crippen LogP contribution in [-0.4, -0.2) is 18.3 Å². The Kier molecular flexibility index (Phi) is 1.39. The summed E-state index contributed by atoms with van der Waals surface area (Å²) in [5.74, 6) is 0. The Morgan fingerprint density at radius 2 is 2.18 bits per heavy atom. The summed E-state index contributed by atoms with van der Waals surface area (Å²) >= 11 is 0. The van der Waals surface area contributed by atoms with Gasteiger partial charge in [0.2, 0.25) is 0 Å². The highest BCUT2D eigenvalue weighted by Crippen LogP contribution is 2.22. The first-order valence-electron chi connectivity index (χ1n) is 3.68. The van der Waals surface area contributed by atoms with Crippen molar-refractivity contribution < 1.29 is 0 Å². The Labute approximate surface area is 66.2 Å². The van der Waals surface area contributed by atoms with Gasteiger partial charge in [-0.3, -0.25) is 0 Å². The number of hydrogen-bond acceptors (Lipinski definition) is 2. The van der Waals surface area contributed by atoms with Crippen molar-refractivity contribution in [2.24, 2.45) is 4.99 Å². The molecule has 0 saturated heterocycles. The lowest BCUT2D eigenvalue weighted by Crippen LogP contribution is -2.18. The molecule has 0 bridgehead atoms. The molecule has 0 radical (unpaired) electrons. The van der Waals surface area contributed by atoms with Crippen LogP contribution < -0.4 is 0 Å². The quantitative estimate of drug-likeness (QED) is 0.545. The zero-order chi connectivity index (χ0) is 7.68. The van der Waals surface area contributed by atoms with E-state index >= 15 is 0 Å². The van der Waals surface area contributed by atoms with Crippen molar-refractivity contribution in [3.63, 3.8) is 0 Å². The third kappa shape index (κ3) is 1.11. The normalized spacial score (nSPS) is 14.8. The lowest BCUT2D eigenvalue weighted by Gasteiger charge is -2.18. The predicted molar refractivity (Wildman–Crippen MR) is 46.1 cm³/mol. The van der Waals surface area contributed by atoms with E-state index in [9.17, 15) is 0 Å². The summed E-state index contributed by atoms with van der Waals surface area (Å²) in [5.41, 5.74) is 2.41. The smallest absolute Gasteiger partial charge is 0.0912 e. The van der Waals surface area contributed by atoms with Crippen molar-refractivity contribution in [1.29, 1.82) is 0 Å². The van der Waals surface area contributed by atoms with Crippen LogP contribution in [0.15, 0.2) is 29.3 Å². The molecular weight excluding hydrogens is 136 g/mol. The fourth-order valence-electron chi connectivity index (χ4n) is 1.24. The lowest BCUT2D eigenvalue weighted by molar-refractivity contribution is 0.509. The number of fused-ring (bicyclic) bond motifs is 1. The molecule has 0 spiro atoms. The Morgan fingerprint density at radius 1 is 1.36 bits per heavy atom. The van der Waals surface area contributed by atoms with Crippen LogP contribution in [0.25, 0.3) is 0 Å². The molecule has 1 heterocycles. The zero-order valence-corrected chi connectivity index (χ0v) is 6.49. The average Bonchev–Trinajstić information content (AvgIpc) is 2.04. The summed E-state index contributed by atoms with van der Waals surface area (Å²) in [6, 6.07) is 8.22. The van der Waals surface area contributed by atoms with Crippen molar-refractivity contribution >= 4 is 12.0 Å². The minimum Gasteiger partial charge on any atom is -0.361 e.